The summed E-state index contributed by atoms with van der Waals surface area (Å²) in [7, 11) is 0. The third kappa shape index (κ3) is 3.79. The Morgan fingerprint density at radius 3 is 3.00 bits per heavy atom. The Morgan fingerprint density at radius 1 is 1.50 bits per heavy atom. The molecule has 0 bridgehead atoms. The molecular formula is C14H17BrN2O3. The number of hydrogen-bond donors (Lipinski definition) is 1. The highest BCUT2D eigenvalue weighted by atomic mass is 79.9. The summed E-state index contributed by atoms with van der Waals surface area (Å²) in [5.41, 5.74) is 0.610. The van der Waals surface area contributed by atoms with Crippen LogP contribution in [0.4, 0.5) is 0 Å². The minimum absolute atomic E-state index is 0.0145. The highest BCUT2D eigenvalue weighted by Gasteiger charge is 2.25. The summed E-state index contributed by atoms with van der Waals surface area (Å²) in [4.78, 5) is 28.9. The fraction of sp³-hybridized carbons (Fsp3) is 0.500. The van der Waals surface area contributed by atoms with Gasteiger partial charge in [0.05, 0.1) is 5.56 Å². The first-order valence-electron chi connectivity index (χ1n) is 6.68. The van der Waals surface area contributed by atoms with Gasteiger partial charge in [-0.1, -0.05) is 0 Å². The minimum Gasteiger partial charge on any atom is -0.481 e. The van der Waals surface area contributed by atoms with E-state index in [9.17, 15) is 9.59 Å². The lowest BCUT2D eigenvalue weighted by Crippen LogP contribution is -2.40. The first-order chi connectivity index (χ1) is 9.58. The molecule has 1 atom stereocenters. The number of rotatable bonds is 4. The number of carboxylic acids is 1. The molecule has 0 saturated carbocycles. The van der Waals surface area contributed by atoms with Crippen molar-refractivity contribution >= 4 is 27.8 Å². The maximum atomic E-state index is 12.5. The summed E-state index contributed by atoms with van der Waals surface area (Å²) in [6, 6.07) is 1.70. The first-order valence-corrected chi connectivity index (χ1v) is 7.48. The number of carbonyl (C=O) groups is 2. The Hall–Kier alpha value is -1.43. The molecule has 1 unspecified atom stereocenters. The SMILES string of the molecule is O=C(O)CCC1CCCN(C(=O)c2ccncc2Br)C1. The van der Waals surface area contributed by atoms with Crippen LogP contribution in [0.25, 0.3) is 0 Å². The van der Waals surface area contributed by atoms with E-state index in [0.717, 1.165) is 19.4 Å². The van der Waals surface area contributed by atoms with Gasteiger partial charge in [0.25, 0.3) is 5.91 Å². The van der Waals surface area contributed by atoms with E-state index in [1.807, 2.05) is 4.90 Å². The predicted octanol–water partition coefficient (Wildman–Crippen LogP) is 2.56. The van der Waals surface area contributed by atoms with Crippen LogP contribution in [0.1, 0.15) is 36.0 Å². The topological polar surface area (TPSA) is 70.5 Å². The highest BCUT2D eigenvalue weighted by molar-refractivity contribution is 9.10. The number of hydrogen-bond acceptors (Lipinski definition) is 3. The van der Waals surface area contributed by atoms with E-state index >= 15 is 0 Å². The molecule has 1 aromatic heterocycles. The maximum Gasteiger partial charge on any atom is 0.303 e. The predicted molar refractivity (Wildman–Crippen MR) is 77.4 cm³/mol. The van der Waals surface area contributed by atoms with Crippen LogP contribution < -0.4 is 0 Å². The summed E-state index contributed by atoms with van der Waals surface area (Å²) in [6.45, 7) is 1.37. The van der Waals surface area contributed by atoms with Crippen LogP contribution in [-0.4, -0.2) is 40.0 Å². The zero-order valence-electron chi connectivity index (χ0n) is 11.1. The molecule has 1 aliphatic rings. The standard InChI is InChI=1S/C14H17BrN2O3/c15-12-8-16-6-5-11(12)14(20)17-7-1-2-10(9-17)3-4-13(18)19/h5-6,8,10H,1-4,7,9H2,(H,18,19). The van der Waals surface area contributed by atoms with Crippen LogP contribution in [0, 0.1) is 5.92 Å². The zero-order chi connectivity index (χ0) is 14.5. The number of carbonyl (C=O) groups excluding carboxylic acids is 1. The van der Waals surface area contributed by atoms with Gasteiger partial charge >= 0.3 is 5.97 Å². The van der Waals surface area contributed by atoms with Crippen molar-refractivity contribution in [3.63, 3.8) is 0 Å². The van der Waals surface area contributed by atoms with E-state index in [-0.39, 0.29) is 18.2 Å². The number of amides is 1. The monoisotopic (exact) mass is 340 g/mol. The van der Waals surface area contributed by atoms with Crippen LogP contribution in [-0.2, 0) is 4.79 Å². The average Bonchev–Trinajstić information content (AvgIpc) is 2.45. The van der Waals surface area contributed by atoms with E-state index in [0.29, 0.717) is 23.0 Å². The smallest absolute Gasteiger partial charge is 0.303 e. The highest BCUT2D eigenvalue weighted by Crippen LogP contribution is 2.24. The Kier molecular flexibility index (Phi) is 5.11. The third-order valence-electron chi connectivity index (χ3n) is 3.58. The fourth-order valence-corrected chi connectivity index (χ4v) is 2.95. The number of nitrogens with zero attached hydrogens (tertiary/aromatic N) is 2. The molecule has 1 saturated heterocycles. The van der Waals surface area contributed by atoms with Crippen molar-refractivity contribution in [3.05, 3.63) is 28.5 Å². The van der Waals surface area contributed by atoms with Gasteiger partial charge in [-0.3, -0.25) is 14.6 Å². The van der Waals surface area contributed by atoms with Gasteiger partial charge in [0.2, 0.25) is 0 Å². The summed E-state index contributed by atoms with van der Waals surface area (Å²) < 4.78 is 0.692. The molecule has 5 nitrogen and oxygen atoms in total. The Balaban J connectivity index is 2.00. The van der Waals surface area contributed by atoms with E-state index in [1.54, 1.807) is 18.5 Å². The lowest BCUT2D eigenvalue weighted by molar-refractivity contribution is -0.137. The largest absolute Gasteiger partial charge is 0.481 e. The second-order valence-electron chi connectivity index (χ2n) is 5.05. The van der Waals surface area contributed by atoms with Crippen molar-refractivity contribution in [1.82, 2.24) is 9.88 Å². The molecule has 0 aromatic carbocycles. The number of halogens is 1. The number of carboxylic acid groups (broad SMARTS) is 1. The summed E-state index contributed by atoms with van der Waals surface area (Å²) in [5.74, 6) is -0.506. The van der Waals surface area contributed by atoms with Crippen molar-refractivity contribution < 1.29 is 14.7 Å². The lowest BCUT2D eigenvalue weighted by atomic mass is 9.93. The zero-order valence-corrected chi connectivity index (χ0v) is 12.7. The van der Waals surface area contributed by atoms with Gasteiger partial charge in [0.15, 0.2) is 0 Å². The van der Waals surface area contributed by atoms with E-state index < -0.39 is 5.97 Å². The normalized spacial score (nSPS) is 18.9. The average molecular weight is 341 g/mol. The molecule has 0 spiro atoms. The molecule has 2 rings (SSSR count). The van der Waals surface area contributed by atoms with Crippen molar-refractivity contribution in [3.8, 4) is 0 Å². The van der Waals surface area contributed by atoms with Crippen LogP contribution in [0.5, 0.6) is 0 Å². The van der Waals surface area contributed by atoms with Crippen LogP contribution in [0.15, 0.2) is 22.9 Å². The molecule has 0 aliphatic carbocycles. The Bertz CT molecular complexity index is 507. The van der Waals surface area contributed by atoms with E-state index in [4.69, 9.17) is 5.11 Å². The minimum atomic E-state index is -0.773. The van der Waals surface area contributed by atoms with Gasteiger partial charge in [-0.15, -0.1) is 0 Å². The molecule has 1 fully saturated rings. The number of likely N-dealkylation sites (tertiary alicyclic amines) is 1. The summed E-state index contributed by atoms with van der Waals surface area (Å²) >= 11 is 3.34. The van der Waals surface area contributed by atoms with Crippen molar-refractivity contribution in [2.75, 3.05) is 13.1 Å². The first kappa shape index (κ1) is 15.0. The van der Waals surface area contributed by atoms with Gasteiger partial charge in [-0.05, 0) is 47.2 Å². The van der Waals surface area contributed by atoms with Crippen molar-refractivity contribution in [2.45, 2.75) is 25.7 Å². The third-order valence-corrected chi connectivity index (χ3v) is 4.21. The van der Waals surface area contributed by atoms with Gasteiger partial charge < -0.3 is 10.0 Å². The second kappa shape index (κ2) is 6.83. The number of piperidine rings is 1. The van der Waals surface area contributed by atoms with Gasteiger partial charge in [-0.25, -0.2) is 0 Å². The quantitative estimate of drug-likeness (QED) is 0.914. The molecule has 1 N–H and O–H groups in total. The van der Waals surface area contributed by atoms with Crippen LogP contribution >= 0.6 is 15.9 Å². The summed E-state index contributed by atoms with van der Waals surface area (Å²) in [5, 5.41) is 8.74. The van der Waals surface area contributed by atoms with Crippen LogP contribution in [0.2, 0.25) is 0 Å². The molecule has 1 aliphatic heterocycles. The number of aromatic nitrogens is 1. The molecule has 6 heteroatoms. The van der Waals surface area contributed by atoms with Gasteiger partial charge in [0.1, 0.15) is 0 Å². The second-order valence-corrected chi connectivity index (χ2v) is 5.90. The molecule has 2 heterocycles. The number of aliphatic carboxylic acids is 1. The van der Waals surface area contributed by atoms with E-state index in [1.165, 1.54) is 0 Å². The molecule has 20 heavy (non-hydrogen) atoms. The van der Waals surface area contributed by atoms with E-state index in [2.05, 4.69) is 20.9 Å². The van der Waals surface area contributed by atoms with Crippen molar-refractivity contribution in [2.24, 2.45) is 5.92 Å². The van der Waals surface area contributed by atoms with Crippen molar-refractivity contribution in [1.29, 1.82) is 0 Å². The van der Waals surface area contributed by atoms with Gasteiger partial charge in [0, 0.05) is 36.4 Å². The summed E-state index contributed by atoms with van der Waals surface area (Å²) in [6.07, 6.45) is 5.94. The fourth-order valence-electron chi connectivity index (χ4n) is 2.53. The molecule has 1 amide bonds. The Labute approximate surface area is 126 Å². The molecule has 108 valence electrons. The van der Waals surface area contributed by atoms with Crippen LogP contribution in [0.3, 0.4) is 0 Å². The lowest BCUT2D eigenvalue weighted by Gasteiger charge is -2.32. The molecule has 0 radical (unpaired) electrons. The molecular weight excluding hydrogens is 324 g/mol. The van der Waals surface area contributed by atoms with Gasteiger partial charge in [-0.2, -0.15) is 0 Å². The number of pyridine rings is 1. The molecule has 1 aromatic rings. The Morgan fingerprint density at radius 2 is 2.30 bits per heavy atom. The maximum absolute atomic E-state index is 12.5.